The molecule has 1 atom stereocenters. The lowest BCUT2D eigenvalue weighted by molar-refractivity contribution is -0.124. The smallest absolute Gasteiger partial charge is 0.258 e. The predicted molar refractivity (Wildman–Crippen MR) is 124 cm³/mol. The van der Waals surface area contributed by atoms with E-state index in [0.29, 0.717) is 34.7 Å². The number of amides is 1. The maximum atomic E-state index is 11.1. The topological polar surface area (TPSA) is 140 Å². The van der Waals surface area contributed by atoms with Gasteiger partial charge in [0.15, 0.2) is 0 Å². The highest BCUT2D eigenvalue weighted by molar-refractivity contribution is 5.76. The first-order valence-corrected chi connectivity index (χ1v) is 11.0. The van der Waals surface area contributed by atoms with Crippen molar-refractivity contribution in [1.82, 2.24) is 20.4 Å². The molecule has 10 nitrogen and oxygen atoms in total. The Labute approximate surface area is 197 Å². The monoisotopic (exact) mass is 470 g/mol. The lowest BCUT2D eigenvalue weighted by Gasteiger charge is -2.14. The van der Waals surface area contributed by atoms with E-state index < -0.39 is 18.6 Å². The van der Waals surface area contributed by atoms with Gasteiger partial charge in [-0.05, 0) is 43.5 Å². The molecule has 3 aromatic rings. The highest BCUT2D eigenvalue weighted by Gasteiger charge is 2.17. The van der Waals surface area contributed by atoms with E-state index in [1.165, 1.54) is 7.11 Å². The minimum atomic E-state index is -0.939. The first-order chi connectivity index (χ1) is 16.3. The van der Waals surface area contributed by atoms with Crippen LogP contribution in [0.4, 0.5) is 0 Å². The molecule has 10 heteroatoms. The van der Waals surface area contributed by atoms with Gasteiger partial charge in [-0.2, -0.15) is 4.98 Å². The molecule has 3 N–H and O–H groups in total. The van der Waals surface area contributed by atoms with Crippen LogP contribution in [0.1, 0.15) is 25.2 Å². The van der Waals surface area contributed by atoms with Gasteiger partial charge in [0.05, 0.1) is 12.7 Å². The summed E-state index contributed by atoms with van der Waals surface area (Å²) in [5.74, 6) is 1.60. The molecule has 34 heavy (non-hydrogen) atoms. The summed E-state index contributed by atoms with van der Waals surface area (Å²) in [6.07, 6.45) is -0.0849. The number of aliphatic hydroxyl groups is 2. The van der Waals surface area contributed by atoms with Gasteiger partial charge in [0.25, 0.3) is 5.89 Å². The Morgan fingerprint density at radius 2 is 2.00 bits per heavy atom. The van der Waals surface area contributed by atoms with Gasteiger partial charge in [-0.3, -0.25) is 9.78 Å². The molecule has 3 rings (SSSR count). The lowest BCUT2D eigenvalue weighted by atomic mass is 10.1. The minimum Gasteiger partial charge on any atom is -0.496 e. The third-order valence-corrected chi connectivity index (χ3v) is 4.83. The molecule has 1 amide bonds. The standard InChI is InChI=1S/C24H30N4O6/c1-14(2)7-17-9-16(8-15(3)26-17)24-27-23(28-34-24)20-6-5-19(10-21(20)32-4)33-13-18(30)11-25-22(31)12-29/h5-6,8-10,14,18,29-30H,7,11-13H2,1-4H3,(H,25,31)/t18-/m0/s1. The van der Waals surface area contributed by atoms with E-state index in [9.17, 15) is 9.90 Å². The minimum absolute atomic E-state index is 0.0341. The number of hydrogen-bond acceptors (Lipinski definition) is 9. The van der Waals surface area contributed by atoms with Crippen molar-refractivity contribution in [3.05, 3.63) is 41.7 Å². The molecule has 182 valence electrons. The number of hydrogen-bond donors (Lipinski definition) is 3. The molecule has 1 aromatic carbocycles. The van der Waals surface area contributed by atoms with E-state index in [0.717, 1.165) is 23.4 Å². The van der Waals surface area contributed by atoms with Crippen LogP contribution in [0.25, 0.3) is 22.8 Å². The maximum Gasteiger partial charge on any atom is 0.258 e. The molecule has 2 aromatic heterocycles. The maximum absolute atomic E-state index is 11.1. The molecular formula is C24H30N4O6. The van der Waals surface area contributed by atoms with Gasteiger partial charge in [-0.1, -0.05) is 19.0 Å². The predicted octanol–water partition coefficient (Wildman–Crippen LogP) is 2.16. The van der Waals surface area contributed by atoms with Crippen molar-refractivity contribution in [1.29, 1.82) is 0 Å². The number of carbonyl (C=O) groups is 1. The molecule has 0 aliphatic heterocycles. The van der Waals surface area contributed by atoms with Gasteiger partial charge in [0, 0.05) is 29.6 Å². The zero-order valence-corrected chi connectivity index (χ0v) is 19.7. The van der Waals surface area contributed by atoms with Gasteiger partial charge < -0.3 is 29.5 Å². The summed E-state index contributed by atoms with van der Waals surface area (Å²) in [6.45, 7) is 5.50. The average Bonchev–Trinajstić information content (AvgIpc) is 3.30. The van der Waals surface area contributed by atoms with Gasteiger partial charge in [-0.25, -0.2) is 0 Å². The summed E-state index contributed by atoms with van der Waals surface area (Å²) in [5, 5.41) is 25.1. The molecule has 0 radical (unpaired) electrons. The second-order valence-electron chi connectivity index (χ2n) is 8.30. The van der Waals surface area contributed by atoms with Crippen molar-refractivity contribution < 1.29 is 29.0 Å². The second-order valence-corrected chi connectivity index (χ2v) is 8.30. The Hall–Kier alpha value is -3.50. The summed E-state index contributed by atoms with van der Waals surface area (Å²) >= 11 is 0. The van der Waals surface area contributed by atoms with Crippen LogP contribution in [-0.2, 0) is 11.2 Å². The number of ether oxygens (including phenoxy) is 2. The van der Waals surface area contributed by atoms with E-state index >= 15 is 0 Å². The number of aromatic nitrogens is 3. The van der Waals surface area contributed by atoms with Crippen LogP contribution in [0.15, 0.2) is 34.9 Å². The summed E-state index contributed by atoms with van der Waals surface area (Å²) in [5.41, 5.74) is 3.28. The van der Waals surface area contributed by atoms with Gasteiger partial charge >= 0.3 is 0 Å². The van der Waals surface area contributed by atoms with Crippen LogP contribution >= 0.6 is 0 Å². The van der Waals surface area contributed by atoms with Gasteiger partial charge in [-0.15, -0.1) is 0 Å². The van der Waals surface area contributed by atoms with E-state index in [-0.39, 0.29) is 13.2 Å². The lowest BCUT2D eigenvalue weighted by Crippen LogP contribution is -2.36. The van der Waals surface area contributed by atoms with Gasteiger partial charge in [0.2, 0.25) is 11.7 Å². The molecule has 0 saturated carbocycles. The largest absolute Gasteiger partial charge is 0.496 e. The number of carbonyl (C=O) groups excluding carboxylic acids is 1. The Morgan fingerprint density at radius 1 is 1.21 bits per heavy atom. The second kappa shape index (κ2) is 11.6. The van der Waals surface area contributed by atoms with Crippen LogP contribution < -0.4 is 14.8 Å². The van der Waals surface area contributed by atoms with Crippen molar-refractivity contribution in [3.8, 4) is 34.3 Å². The van der Waals surface area contributed by atoms with E-state index in [2.05, 4.69) is 34.3 Å². The number of rotatable bonds is 11. The zero-order valence-electron chi connectivity index (χ0n) is 19.7. The fraction of sp³-hybridized carbons (Fsp3) is 0.417. The number of pyridine rings is 1. The van der Waals surface area contributed by atoms with Crippen molar-refractivity contribution in [3.63, 3.8) is 0 Å². The molecule has 2 heterocycles. The number of nitrogens with one attached hydrogen (secondary N) is 1. The van der Waals surface area contributed by atoms with Crippen LogP contribution in [0.2, 0.25) is 0 Å². The van der Waals surface area contributed by atoms with E-state index in [4.69, 9.17) is 19.1 Å². The molecule has 0 saturated heterocycles. The SMILES string of the molecule is COc1cc(OC[C@@H](O)CNC(=O)CO)ccc1-c1noc(-c2cc(C)nc(CC(C)C)c2)n1. The number of nitrogens with zero attached hydrogens (tertiary/aromatic N) is 3. The van der Waals surface area contributed by atoms with Crippen molar-refractivity contribution in [2.24, 2.45) is 5.92 Å². The molecule has 0 unspecified atom stereocenters. The van der Waals surface area contributed by atoms with Crippen LogP contribution in [0.3, 0.4) is 0 Å². The van der Waals surface area contributed by atoms with Crippen LogP contribution in [-0.4, -0.2) is 64.2 Å². The summed E-state index contributed by atoms with van der Waals surface area (Å²) in [6, 6.07) is 8.97. The molecule has 0 fully saturated rings. The Kier molecular flexibility index (Phi) is 8.55. The number of methoxy groups -OCH3 is 1. The molecule has 0 aliphatic rings. The summed E-state index contributed by atoms with van der Waals surface area (Å²) < 4.78 is 16.6. The third kappa shape index (κ3) is 6.75. The van der Waals surface area contributed by atoms with E-state index in [1.54, 1.807) is 18.2 Å². The van der Waals surface area contributed by atoms with Crippen molar-refractivity contribution in [2.45, 2.75) is 33.3 Å². The highest BCUT2D eigenvalue weighted by Crippen LogP contribution is 2.33. The Balaban J connectivity index is 1.74. The Bertz CT molecular complexity index is 1110. The number of aliphatic hydroxyl groups excluding tert-OH is 2. The Morgan fingerprint density at radius 3 is 2.71 bits per heavy atom. The first kappa shape index (κ1) is 25.1. The molecule has 0 aliphatic carbocycles. The molecular weight excluding hydrogens is 440 g/mol. The quantitative estimate of drug-likeness (QED) is 0.384. The van der Waals surface area contributed by atoms with Crippen LogP contribution in [0.5, 0.6) is 11.5 Å². The number of aryl methyl sites for hydroxylation is 1. The summed E-state index contributed by atoms with van der Waals surface area (Å²) in [7, 11) is 1.52. The van der Waals surface area contributed by atoms with Crippen molar-refractivity contribution >= 4 is 5.91 Å². The highest BCUT2D eigenvalue weighted by atomic mass is 16.5. The summed E-state index contributed by atoms with van der Waals surface area (Å²) in [4.78, 5) is 20.2. The van der Waals surface area contributed by atoms with Crippen molar-refractivity contribution in [2.75, 3.05) is 26.9 Å². The fourth-order valence-corrected chi connectivity index (χ4v) is 3.32. The third-order valence-electron chi connectivity index (χ3n) is 4.83. The van der Waals surface area contributed by atoms with Gasteiger partial charge in [0.1, 0.15) is 30.8 Å². The fourth-order valence-electron chi connectivity index (χ4n) is 3.32. The first-order valence-electron chi connectivity index (χ1n) is 11.0. The normalized spacial score (nSPS) is 12.0. The van der Waals surface area contributed by atoms with Crippen LogP contribution in [0, 0.1) is 12.8 Å². The van der Waals surface area contributed by atoms with E-state index in [1.807, 2.05) is 19.1 Å². The number of benzene rings is 1. The average molecular weight is 471 g/mol. The molecule has 0 bridgehead atoms. The zero-order chi connectivity index (χ0) is 24.7. The molecule has 0 spiro atoms.